The van der Waals surface area contributed by atoms with E-state index in [1.54, 1.807) is 0 Å². The molecule has 1 atom stereocenters. The van der Waals surface area contributed by atoms with Crippen molar-refractivity contribution in [1.82, 2.24) is 19.7 Å². The molecule has 0 spiro atoms. The topological polar surface area (TPSA) is 88.0 Å². The smallest absolute Gasteiger partial charge is 0.244 e. The van der Waals surface area contributed by atoms with E-state index in [1.807, 2.05) is 55.9 Å². The number of likely N-dealkylation sites (N-methyl/N-ethyl adjacent to an activating group) is 1. The Kier molecular flexibility index (Phi) is 7.23. The molecule has 1 aliphatic heterocycles. The van der Waals surface area contributed by atoms with Crippen molar-refractivity contribution in [2.75, 3.05) is 29.1 Å². The lowest BCUT2D eigenvalue weighted by atomic mass is 10.0. The Balaban J connectivity index is 0.00000132. The first-order valence-corrected chi connectivity index (χ1v) is 10.7. The Hall–Kier alpha value is -3.42. The molecule has 1 aromatic carbocycles. The van der Waals surface area contributed by atoms with Gasteiger partial charge in [0.15, 0.2) is 5.82 Å². The molecule has 3 heterocycles. The normalized spacial score (nSPS) is 13.6. The summed E-state index contributed by atoms with van der Waals surface area (Å²) >= 11 is 0. The van der Waals surface area contributed by atoms with Gasteiger partial charge in [0.25, 0.3) is 0 Å². The van der Waals surface area contributed by atoms with Crippen molar-refractivity contribution in [3.05, 3.63) is 59.5 Å². The summed E-state index contributed by atoms with van der Waals surface area (Å²) < 4.78 is 1.97. The third-order valence-corrected chi connectivity index (χ3v) is 5.04. The molecule has 3 aromatic rings. The maximum atomic E-state index is 11.7. The molecule has 0 fully saturated rings. The highest BCUT2D eigenvalue weighted by atomic mass is 16.2. The van der Waals surface area contributed by atoms with Gasteiger partial charge in [-0.05, 0) is 12.5 Å². The molecule has 31 heavy (non-hydrogen) atoms. The molecule has 0 saturated carbocycles. The van der Waals surface area contributed by atoms with Crippen LogP contribution in [0.1, 0.15) is 43.5 Å². The second-order valence-corrected chi connectivity index (χ2v) is 7.47. The van der Waals surface area contributed by atoms with Gasteiger partial charge in [-0.15, -0.1) is 0 Å². The van der Waals surface area contributed by atoms with Crippen LogP contribution in [0.3, 0.4) is 0 Å². The van der Waals surface area contributed by atoms with Gasteiger partial charge >= 0.3 is 0 Å². The minimum absolute atomic E-state index is 0.0513. The zero-order valence-electron chi connectivity index (χ0n) is 18.9. The standard InChI is InChI=1S/C21H25N7O.C2H6/c1-14(17-7-5-4-6-8-17)11-28-12-16(10-23-28)9-22-21-24-15(2)19-20(26-21)27(3)13-18(29)25-19;1-2/h4-8,10,12,14H,9,11,13H2,1-3H3,(H,25,29)(H,22,24,26);1-2H3. The first kappa shape index (κ1) is 22.3. The van der Waals surface area contributed by atoms with E-state index in [9.17, 15) is 4.79 Å². The van der Waals surface area contributed by atoms with E-state index in [0.717, 1.165) is 23.6 Å². The van der Waals surface area contributed by atoms with E-state index in [2.05, 4.69) is 56.9 Å². The third-order valence-electron chi connectivity index (χ3n) is 5.04. The molecule has 2 N–H and O–H groups in total. The van der Waals surface area contributed by atoms with E-state index in [-0.39, 0.29) is 12.5 Å². The van der Waals surface area contributed by atoms with Gasteiger partial charge in [0, 0.05) is 37.8 Å². The zero-order valence-corrected chi connectivity index (χ0v) is 18.9. The fourth-order valence-corrected chi connectivity index (χ4v) is 3.47. The van der Waals surface area contributed by atoms with Crippen LogP contribution in [0.25, 0.3) is 0 Å². The zero-order chi connectivity index (χ0) is 22.4. The Morgan fingerprint density at radius 2 is 1.94 bits per heavy atom. The molecule has 1 amide bonds. The number of nitrogens with one attached hydrogen (secondary N) is 2. The largest absolute Gasteiger partial charge is 0.350 e. The summed E-state index contributed by atoms with van der Waals surface area (Å²) in [6, 6.07) is 10.4. The van der Waals surface area contributed by atoms with Crippen LogP contribution in [0.5, 0.6) is 0 Å². The van der Waals surface area contributed by atoms with E-state index in [4.69, 9.17) is 0 Å². The Morgan fingerprint density at radius 3 is 2.68 bits per heavy atom. The van der Waals surface area contributed by atoms with Gasteiger partial charge < -0.3 is 15.5 Å². The quantitative estimate of drug-likeness (QED) is 0.629. The first-order valence-electron chi connectivity index (χ1n) is 10.7. The van der Waals surface area contributed by atoms with Gasteiger partial charge in [-0.1, -0.05) is 51.1 Å². The first-order chi connectivity index (χ1) is 15.0. The lowest BCUT2D eigenvalue weighted by Gasteiger charge is -2.27. The lowest BCUT2D eigenvalue weighted by Crippen LogP contribution is -2.36. The predicted octanol–water partition coefficient (Wildman–Crippen LogP) is 3.81. The van der Waals surface area contributed by atoms with Crippen molar-refractivity contribution >= 4 is 23.4 Å². The highest BCUT2D eigenvalue weighted by Gasteiger charge is 2.23. The number of hydrogen-bond donors (Lipinski definition) is 2. The number of amides is 1. The van der Waals surface area contributed by atoms with Crippen molar-refractivity contribution < 1.29 is 4.79 Å². The van der Waals surface area contributed by atoms with E-state index in [1.165, 1.54) is 5.56 Å². The number of carbonyl (C=O) groups excluding carboxylic acids is 1. The third kappa shape index (κ3) is 5.39. The Labute approximate surface area is 183 Å². The minimum Gasteiger partial charge on any atom is -0.350 e. The van der Waals surface area contributed by atoms with Crippen molar-refractivity contribution in [2.45, 2.75) is 46.7 Å². The summed E-state index contributed by atoms with van der Waals surface area (Å²) in [5, 5.41) is 10.6. The number of rotatable bonds is 6. The van der Waals surface area contributed by atoms with Crippen LogP contribution < -0.4 is 15.5 Å². The van der Waals surface area contributed by atoms with Gasteiger partial charge in [0.2, 0.25) is 11.9 Å². The molecule has 0 bridgehead atoms. The molecule has 4 rings (SSSR count). The molecule has 0 radical (unpaired) electrons. The summed E-state index contributed by atoms with van der Waals surface area (Å²) in [7, 11) is 1.85. The van der Waals surface area contributed by atoms with Crippen molar-refractivity contribution in [1.29, 1.82) is 0 Å². The Bertz CT molecular complexity index is 1020. The Morgan fingerprint density at radius 1 is 1.19 bits per heavy atom. The number of aromatic nitrogens is 4. The van der Waals surface area contributed by atoms with Crippen molar-refractivity contribution in [3.8, 4) is 0 Å². The van der Waals surface area contributed by atoms with Crippen LogP contribution in [-0.2, 0) is 17.9 Å². The molecule has 2 aromatic heterocycles. The number of anilines is 3. The SMILES string of the molecule is CC.Cc1nc(NCc2cnn(CC(C)c3ccccc3)c2)nc2c1NC(=O)CN2C. The summed E-state index contributed by atoms with van der Waals surface area (Å²) in [6.45, 7) is 9.76. The maximum Gasteiger partial charge on any atom is 0.244 e. The van der Waals surface area contributed by atoms with Gasteiger partial charge in [-0.2, -0.15) is 10.1 Å². The molecular formula is C23H31N7O. The number of aryl methyl sites for hydroxylation is 1. The number of benzene rings is 1. The average molecular weight is 422 g/mol. The molecule has 0 aliphatic carbocycles. The van der Waals surface area contributed by atoms with Gasteiger partial charge in [-0.3, -0.25) is 9.48 Å². The number of hydrogen-bond acceptors (Lipinski definition) is 6. The summed E-state index contributed by atoms with van der Waals surface area (Å²) in [4.78, 5) is 22.6. The van der Waals surface area contributed by atoms with Crippen molar-refractivity contribution in [2.24, 2.45) is 0 Å². The molecule has 8 nitrogen and oxygen atoms in total. The van der Waals surface area contributed by atoms with Gasteiger partial charge in [0.05, 0.1) is 18.4 Å². The highest BCUT2D eigenvalue weighted by Crippen LogP contribution is 2.29. The molecule has 164 valence electrons. The number of carbonyl (C=O) groups is 1. The van der Waals surface area contributed by atoms with E-state index < -0.39 is 0 Å². The minimum atomic E-state index is -0.0513. The van der Waals surface area contributed by atoms with Crippen LogP contribution in [0.2, 0.25) is 0 Å². The molecule has 0 saturated heterocycles. The molecule has 8 heteroatoms. The molecular weight excluding hydrogens is 390 g/mol. The van der Waals surface area contributed by atoms with Crippen LogP contribution in [0.4, 0.5) is 17.5 Å². The second kappa shape index (κ2) is 10.1. The molecule has 1 unspecified atom stereocenters. The van der Waals surface area contributed by atoms with Crippen LogP contribution in [0.15, 0.2) is 42.7 Å². The average Bonchev–Trinajstić information content (AvgIpc) is 3.22. The van der Waals surface area contributed by atoms with E-state index in [0.29, 0.717) is 24.1 Å². The lowest BCUT2D eigenvalue weighted by molar-refractivity contribution is -0.115. The van der Waals surface area contributed by atoms with E-state index >= 15 is 0 Å². The van der Waals surface area contributed by atoms with Crippen LogP contribution in [0, 0.1) is 6.92 Å². The molecule has 1 aliphatic rings. The number of fused-ring (bicyclic) bond motifs is 1. The maximum absolute atomic E-state index is 11.7. The fraction of sp³-hybridized carbons (Fsp3) is 0.391. The fourth-order valence-electron chi connectivity index (χ4n) is 3.47. The summed E-state index contributed by atoms with van der Waals surface area (Å²) in [6.07, 6.45) is 3.91. The second-order valence-electron chi connectivity index (χ2n) is 7.47. The summed E-state index contributed by atoms with van der Waals surface area (Å²) in [5.74, 6) is 1.60. The van der Waals surface area contributed by atoms with Crippen molar-refractivity contribution in [3.63, 3.8) is 0 Å². The van der Waals surface area contributed by atoms with Gasteiger partial charge in [-0.25, -0.2) is 4.98 Å². The monoisotopic (exact) mass is 421 g/mol. The highest BCUT2D eigenvalue weighted by molar-refractivity contribution is 6.00. The summed E-state index contributed by atoms with van der Waals surface area (Å²) in [5.41, 5.74) is 3.78. The predicted molar refractivity (Wildman–Crippen MR) is 124 cm³/mol. The van der Waals surface area contributed by atoms with Crippen LogP contribution in [-0.4, -0.2) is 39.2 Å². The number of nitrogens with zero attached hydrogens (tertiary/aromatic N) is 5. The van der Waals surface area contributed by atoms with Gasteiger partial charge in [0.1, 0.15) is 5.69 Å². The van der Waals surface area contributed by atoms with Crippen LogP contribution >= 0.6 is 0 Å².